The van der Waals surface area contributed by atoms with E-state index in [-0.39, 0.29) is 5.91 Å². The van der Waals surface area contributed by atoms with Crippen molar-refractivity contribution in [2.75, 3.05) is 6.54 Å². The van der Waals surface area contributed by atoms with Crippen LogP contribution in [0.15, 0.2) is 66.7 Å². The van der Waals surface area contributed by atoms with Gasteiger partial charge >= 0.3 is 0 Å². The molecule has 0 spiro atoms. The molecule has 0 aliphatic carbocycles. The third kappa shape index (κ3) is 4.70. The molecule has 172 valence electrons. The Morgan fingerprint density at radius 1 is 0.941 bits per heavy atom. The number of rotatable bonds is 8. The van der Waals surface area contributed by atoms with Gasteiger partial charge in [0, 0.05) is 18.7 Å². The Morgan fingerprint density at radius 3 is 2.32 bits per heavy atom. The van der Waals surface area contributed by atoms with Crippen molar-refractivity contribution in [3.8, 4) is 0 Å². The standard InChI is InChI=1S/C27H28N6O/c1-17(19-5-3-2-4-6-19)11-12-29-27(34)20-8-10-22-24(14-20)33-26(31-22)15-25-30-21-9-7-18(16-28)13-23(21)32-25/h2-10,13-14,17H,11-12,15-16,28H2,1H3,(H,29,34)(H,30,32)(H,31,33). The summed E-state index contributed by atoms with van der Waals surface area (Å²) < 4.78 is 0. The van der Waals surface area contributed by atoms with Crippen molar-refractivity contribution in [2.24, 2.45) is 5.73 Å². The Bertz CT molecular complexity index is 1440. The molecular formula is C27H28N6O. The Labute approximate surface area is 197 Å². The average molecular weight is 453 g/mol. The van der Waals surface area contributed by atoms with Gasteiger partial charge in [-0.25, -0.2) is 9.97 Å². The fourth-order valence-corrected chi connectivity index (χ4v) is 4.22. The van der Waals surface area contributed by atoms with Gasteiger partial charge in [-0.3, -0.25) is 4.79 Å². The summed E-state index contributed by atoms with van der Waals surface area (Å²) in [5.41, 5.74) is 12.2. The number of H-pyrrole nitrogens is 2. The summed E-state index contributed by atoms with van der Waals surface area (Å²) in [4.78, 5) is 28.7. The van der Waals surface area contributed by atoms with Gasteiger partial charge in [0.2, 0.25) is 0 Å². The van der Waals surface area contributed by atoms with Gasteiger partial charge in [-0.1, -0.05) is 43.3 Å². The molecule has 1 atom stereocenters. The predicted octanol–water partition coefficient (Wildman–Crippen LogP) is 4.41. The average Bonchev–Trinajstić information content (AvgIpc) is 3.46. The zero-order valence-corrected chi connectivity index (χ0v) is 19.1. The van der Waals surface area contributed by atoms with Crippen LogP contribution in [-0.2, 0) is 13.0 Å². The van der Waals surface area contributed by atoms with Gasteiger partial charge in [-0.05, 0) is 53.8 Å². The molecule has 0 aliphatic heterocycles. The van der Waals surface area contributed by atoms with Crippen LogP contribution in [-0.4, -0.2) is 32.4 Å². The molecule has 0 saturated heterocycles. The van der Waals surface area contributed by atoms with Crippen molar-refractivity contribution >= 4 is 28.0 Å². The highest BCUT2D eigenvalue weighted by Gasteiger charge is 2.12. The highest BCUT2D eigenvalue weighted by Crippen LogP contribution is 2.19. The van der Waals surface area contributed by atoms with Crippen molar-refractivity contribution in [1.82, 2.24) is 25.3 Å². The first kappa shape index (κ1) is 21.9. The second-order valence-corrected chi connectivity index (χ2v) is 8.69. The summed E-state index contributed by atoms with van der Waals surface area (Å²) in [5, 5.41) is 3.04. The predicted molar refractivity (Wildman–Crippen MR) is 135 cm³/mol. The van der Waals surface area contributed by atoms with E-state index >= 15 is 0 Å². The van der Waals surface area contributed by atoms with Crippen LogP contribution in [0.3, 0.4) is 0 Å². The summed E-state index contributed by atoms with van der Waals surface area (Å²) >= 11 is 0. The van der Waals surface area contributed by atoms with Crippen molar-refractivity contribution in [3.05, 3.63) is 95.1 Å². The summed E-state index contributed by atoms with van der Waals surface area (Å²) in [6.45, 7) is 3.30. The zero-order chi connectivity index (χ0) is 23.5. The number of carbonyl (C=O) groups is 1. The van der Waals surface area contributed by atoms with E-state index in [1.165, 1.54) is 5.56 Å². The minimum absolute atomic E-state index is 0.0775. The van der Waals surface area contributed by atoms with E-state index in [0.29, 0.717) is 31.0 Å². The van der Waals surface area contributed by atoms with Crippen molar-refractivity contribution < 1.29 is 4.79 Å². The van der Waals surface area contributed by atoms with E-state index in [9.17, 15) is 4.79 Å². The fraction of sp³-hybridized carbons (Fsp3) is 0.222. The molecule has 7 nitrogen and oxygen atoms in total. The molecule has 5 aromatic rings. The lowest BCUT2D eigenvalue weighted by atomic mass is 9.98. The maximum Gasteiger partial charge on any atom is 0.251 e. The topological polar surface area (TPSA) is 112 Å². The maximum absolute atomic E-state index is 12.7. The van der Waals surface area contributed by atoms with Crippen LogP contribution in [0.5, 0.6) is 0 Å². The molecular weight excluding hydrogens is 424 g/mol. The number of aromatic nitrogens is 4. The van der Waals surface area contributed by atoms with E-state index < -0.39 is 0 Å². The molecule has 0 fully saturated rings. The number of fused-ring (bicyclic) bond motifs is 2. The number of nitrogens with zero attached hydrogens (tertiary/aromatic N) is 2. The van der Waals surface area contributed by atoms with Crippen molar-refractivity contribution in [1.29, 1.82) is 0 Å². The Balaban J connectivity index is 1.24. The van der Waals surface area contributed by atoms with Gasteiger partial charge in [-0.15, -0.1) is 0 Å². The quantitative estimate of drug-likeness (QED) is 0.279. The molecule has 0 radical (unpaired) electrons. The number of nitrogens with two attached hydrogens (primary N) is 1. The van der Waals surface area contributed by atoms with E-state index in [0.717, 1.165) is 45.7 Å². The summed E-state index contributed by atoms with van der Waals surface area (Å²) in [6.07, 6.45) is 1.43. The number of amides is 1. The molecule has 5 rings (SSSR count). The molecule has 0 saturated carbocycles. The molecule has 0 bridgehead atoms. The Morgan fingerprint density at radius 2 is 1.62 bits per heavy atom. The third-order valence-corrected chi connectivity index (χ3v) is 6.19. The fourth-order valence-electron chi connectivity index (χ4n) is 4.22. The summed E-state index contributed by atoms with van der Waals surface area (Å²) in [7, 11) is 0. The van der Waals surface area contributed by atoms with Crippen LogP contribution in [0.2, 0.25) is 0 Å². The van der Waals surface area contributed by atoms with Gasteiger partial charge in [0.1, 0.15) is 11.6 Å². The molecule has 3 aromatic carbocycles. The Kier molecular flexibility index (Phi) is 6.10. The first-order valence-corrected chi connectivity index (χ1v) is 11.6. The molecule has 1 amide bonds. The van der Waals surface area contributed by atoms with Crippen molar-refractivity contribution in [2.45, 2.75) is 32.2 Å². The number of aromatic amines is 2. The highest BCUT2D eigenvalue weighted by molar-refractivity contribution is 5.97. The van der Waals surface area contributed by atoms with Crippen LogP contribution < -0.4 is 11.1 Å². The maximum atomic E-state index is 12.7. The van der Waals surface area contributed by atoms with Gasteiger partial charge in [-0.2, -0.15) is 0 Å². The normalized spacial score (nSPS) is 12.3. The van der Waals surface area contributed by atoms with Gasteiger partial charge < -0.3 is 21.0 Å². The zero-order valence-electron chi connectivity index (χ0n) is 19.1. The number of hydrogen-bond donors (Lipinski definition) is 4. The summed E-state index contributed by atoms with van der Waals surface area (Å²) in [5.74, 6) is 1.93. The molecule has 2 heterocycles. The Hall–Kier alpha value is -3.97. The van der Waals surface area contributed by atoms with E-state index in [1.54, 1.807) is 0 Å². The molecule has 0 aliphatic rings. The van der Waals surface area contributed by atoms with Gasteiger partial charge in [0.25, 0.3) is 5.91 Å². The lowest BCUT2D eigenvalue weighted by Gasteiger charge is -2.12. The first-order chi connectivity index (χ1) is 16.6. The number of carbonyl (C=O) groups excluding carboxylic acids is 1. The summed E-state index contributed by atoms with van der Waals surface area (Å²) in [6, 6.07) is 21.9. The molecule has 2 aromatic heterocycles. The van der Waals surface area contributed by atoms with E-state index in [4.69, 9.17) is 5.73 Å². The second-order valence-electron chi connectivity index (χ2n) is 8.69. The first-order valence-electron chi connectivity index (χ1n) is 11.6. The third-order valence-electron chi connectivity index (χ3n) is 6.19. The molecule has 34 heavy (non-hydrogen) atoms. The molecule has 5 N–H and O–H groups in total. The van der Waals surface area contributed by atoms with E-state index in [1.807, 2.05) is 54.6 Å². The minimum atomic E-state index is -0.0775. The smallest absolute Gasteiger partial charge is 0.251 e. The van der Waals surface area contributed by atoms with Crippen LogP contribution in [0.25, 0.3) is 22.1 Å². The van der Waals surface area contributed by atoms with Crippen LogP contribution >= 0.6 is 0 Å². The van der Waals surface area contributed by atoms with Crippen LogP contribution in [0.4, 0.5) is 0 Å². The number of imidazole rings is 2. The highest BCUT2D eigenvalue weighted by atomic mass is 16.1. The number of nitrogens with one attached hydrogen (secondary N) is 3. The number of benzene rings is 3. The molecule has 7 heteroatoms. The molecule has 1 unspecified atom stereocenters. The monoisotopic (exact) mass is 452 g/mol. The minimum Gasteiger partial charge on any atom is -0.352 e. The van der Waals surface area contributed by atoms with Crippen LogP contribution in [0, 0.1) is 0 Å². The van der Waals surface area contributed by atoms with Gasteiger partial charge in [0.15, 0.2) is 0 Å². The largest absolute Gasteiger partial charge is 0.352 e. The van der Waals surface area contributed by atoms with Crippen LogP contribution in [0.1, 0.15) is 52.4 Å². The second kappa shape index (κ2) is 9.49. The lowest BCUT2D eigenvalue weighted by molar-refractivity contribution is 0.0953. The SMILES string of the molecule is CC(CCNC(=O)c1ccc2nc(Cc3nc4ccc(CN)cc4[nH]3)[nH]c2c1)c1ccccc1. The number of hydrogen-bond acceptors (Lipinski definition) is 4. The van der Waals surface area contributed by atoms with Gasteiger partial charge in [0.05, 0.1) is 28.5 Å². The lowest BCUT2D eigenvalue weighted by Crippen LogP contribution is -2.25. The van der Waals surface area contributed by atoms with Crippen molar-refractivity contribution in [3.63, 3.8) is 0 Å². The van der Waals surface area contributed by atoms with E-state index in [2.05, 4.69) is 44.3 Å².